The Labute approximate surface area is 139 Å². The van der Waals surface area contributed by atoms with Gasteiger partial charge in [-0.25, -0.2) is 0 Å². The summed E-state index contributed by atoms with van der Waals surface area (Å²) in [4.78, 5) is 14.2. The fraction of sp³-hybridized carbons (Fsp3) is 0.278. The standard InChI is InChI=1S/C18H18BrNO2/c19-16-6-8-17(9-7-16)22-13-18(21)20-11-10-15(12-20)14-4-2-1-3-5-14/h1-9,15H,10-13H2/t15-/m1/s1. The maximum Gasteiger partial charge on any atom is 0.260 e. The summed E-state index contributed by atoms with van der Waals surface area (Å²) in [6, 6.07) is 17.9. The third-order valence-electron chi connectivity index (χ3n) is 3.99. The van der Waals surface area contributed by atoms with Gasteiger partial charge in [-0.3, -0.25) is 4.79 Å². The third kappa shape index (κ3) is 3.69. The minimum atomic E-state index is 0.0568. The molecule has 0 N–H and O–H groups in total. The van der Waals surface area contributed by atoms with Crippen molar-refractivity contribution in [3.63, 3.8) is 0 Å². The molecule has 1 saturated heterocycles. The van der Waals surface area contributed by atoms with Gasteiger partial charge in [0.1, 0.15) is 5.75 Å². The Bertz CT molecular complexity index is 627. The molecule has 1 heterocycles. The predicted molar refractivity (Wildman–Crippen MR) is 90.0 cm³/mol. The van der Waals surface area contributed by atoms with E-state index in [0.29, 0.717) is 5.92 Å². The molecule has 1 amide bonds. The molecule has 2 aromatic carbocycles. The normalized spacial score (nSPS) is 17.5. The summed E-state index contributed by atoms with van der Waals surface area (Å²) in [5.74, 6) is 1.22. The van der Waals surface area contributed by atoms with Crippen LogP contribution in [-0.2, 0) is 4.79 Å². The Hall–Kier alpha value is -1.81. The lowest BCUT2D eigenvalue weighted by Crippen LogP contribution is -2.32. The minimum Gasteiger partial charge on any atom is -0.484 e. The van der Waals surface area contributed by atoms with E-state index < -0.39 is 0 Å². The quantitative estimate of drug-likeness (QED) is 0.829. The number of rotatable bonds is 4. The van der Waals surface area contributed by atoms with Gasteiger partial charge in [0.25, 0.3) is 5.91 Å². The third-order valence-corrected chi connectivity index (χ3v) is 4.52. The summed E-state index contributed by atoms with van der Waals surface area (Å²) in [5.41, 5.74) is 1.31. The number of amides is 1. The molecule has 3 nitrogen and oxygen atoms in total. The van der Waals surface area contributed by atoms with Crippen molar-refractivity contribution in [1.82, 2.24) is 4.90 Å². The zero-order chi connectivity index (χ0) is 15.4. The molecule has 2 aromatic rings. The molecule has 114 valence electrons. The van der Waals surface area contributed by atoms with E-state index in [4.69, 9.17) is 4.74 Å². The number of hydrogen-bond donors (Lipinski definition) is 0. The van der Waals surface area contributed by atoms with Gasteiger partial charge >= 0.3 is 0 Å². The molecule has 1 aliphatic heterocycles. The first-order valence-electron chi connectivity index (χ1n) is 7.43. The number of halogens is 1. The van der Waals surface area contributed by atoms with Gasteiger partial charge in [-0.15, -0.1) is 0 Å². The second kappa shape index (κ2) is 6.97. The summed E-state index contributed by atoms with van der Waals surface area (Å²) < 4.78 is 6.56. The molecule has 22 heavy (non-hydrogen) atoms. The number of hydrogen-bond acceptors (Lipinski definition) is 2. The molecule has 1 aliphatic rings. The van der Waals surface area contributed by atoms with E-state index in [1.165, 1.54) is 5.56 Å². The summed E-state index contributed by atoms with van der Waals surface area (Å²) in [6.45, 7) is 1.69. The largest absolute Gasteiger partial charge is 0.484 e. The van der Waals surface area contributed by atoms with Crippen molar-refractivity contribution < 1.29 is 9.53 Å². The minimum absolute atomic E-state index is 0.0568. The molecular weight excluding hydrogens is 342 g/mol. The monoisotopic (exact) mass is 359 g/mol. The zero-order valence-corrected chi connectivity index (χ0v) is 13.8. The lowest BCUT2D eigenvalue weighted by atomic mass is 9.99. The average Bonchev–Trinajstić information content (AvgIpc) is 3.05. The van der Waals surface area contributed by atoms with E-state index >= 15 is 0 Å². The molecule has 0 spiro atoms. The van der Waals surface area contributed by atoms with Crippen molar-refractivity contribution in [1.29, 1.82) is 0 Å². The maximum atomic E-state index is 12.3. The van der Waals surface area contributed by atoms with Gasteiger partial charge in [-0.2, -0.15) is 0 Å². The van der Waals surface area contributed by atoms with E-state index in [0.717, 1.165) is 29.7 Å². The fourth-order valence-corrected chi connectivity index (χ4v) is 3.02. The first-order chi connectivity index (χ1) is 10.7. The Balaban J connectivity index is 1.52. The van der Waals surface area contributed by atoms with E-state index in [1.54, 1.807) is 0 Å². The van der Waals surface area contributed by atoms with Crippen LogP contribution >= 0.6 is 15.9 Å². The van der Waals surface area contributed by atoms with E-state index in [9.17, 15) is 4.79 Å². The number of carbonyl (C=O) groups excluding carboxylic acids is 1. The maximum absolute atomic E-state index is 12.3. The molecule has 0 unspecified atom stereocenters. The molecule has 1 fully saturated rings. The molecule has 1 atom stereocenters. The molecule has 0 aliphatic carbocycles. The van der Waals surface area contributed by atoms with Crippen molar-refractivity contribution in [2.75, 3.05) is 19.7 Å². The number of benzene rings is 2. The smallest absolute Gasteiger partial charge is 0.260 e. The first kappa shape index (κ1) is 15.1. The highest BCUT2D eigenvalue weighted by Crippen LogP contribution is 2.27. The molecule has 4 heteroatoms. The van der Waals surface area contributed by atoms with Crippen LogP contribution in [0.25, 0.3) is 0 Å². The van der Waals surface area contributed by atoms with Crippen LogP contribution in [0.1, 0.15) is 17.9 Å². The molecule has 3 rings (SSSR count). The van der Waals surface area contributed by atoms with Crippen LogP contribution in [-0.4, -0.2) is 30.5 Å². The van der Waals surface area contributed by atoms with Gasteiger partial charge in [0.2, 0.25) is 0 Å². The van der Waals surface area contributed by atoms with Crippen LogP contribution < -0.4 is 4.74 Å². The number of nitrogens with zero attached hydrogens (tertiary/aromatic N) is 1. The van der Waals surface area contributed by atoms with Crippen molar-refractivity contribution >= 4 is 21.8 Å². The van der Waals surface area contributed by atoms with Gasteiger partial charge in [0.05, 0.1) is 0 Å². The second-order valence-electron chi connectivity index (χ2n) is 5.48. The summed E-state index contributed by atoms with van der Waals surface area (Å²) in [6.07, 6.45) is 1.02. The number of ether oxygens (including phenoxy) is 1. The van der Waals surface area contributed by atoms with Gasteiger partial charge in [-0.05, 0) is 36.2 Å². The number of carbonyl (C=O) groups is 1. The first-order valence-corrected chi connectivity index (χ1v) is 8.23. The number of likely N-dealkylation sites (tertiary alicyclic amines) is 1. The van der Waals surface area contributed by atoms with Crippen LogP contribution in [0.5, 0.6) is 5.75 Å². The summed E-state index contributed by atoms with van der Waals surface area (Å²) in [7, 11) is 0. The van der Waals surface area contributed by atoms with E-state index in [-0.39, 0.29) is 12.5 Å². The van der Waals surface area contributed by atoms with Crippen LogP contribution in [0.4, 0.5) is 0 Å². The average molecular weight is 360 g/mol. The lowest BCUT2D eigenvalue weighted by molar-refractivity contribution is -0.132. The Morgan fingerprint density at radius 2 is 1.86 bits per heavy atom. The van der Waals surface area contributed by atoms with Crippen molar-refractivity contribution in [3.8, 4) is 5.75 Å². The molecule has 0 aromatic heterocycles. The predicted octanol–water partition coefficient (Wildman–Crippen LogP) is 3.84. The molecule has 0 bridgehead atoms. The summed E-state index contributed by atoms with van der Waals surface area (Å²) in [5, 5.41) is 0. The lowest BCUT2D eigenvalue weighted by Gasteiger charge is -2.17. The molecular formula is C18H18BrNO2. The highest BCUT2D eigenvalue weighted by molar-refractivity contribution is 9.10. The SMILES string of the molecule is O=C(COc1ccc(Br)cc1)N1CC[C@@H](c2ccccc2)C1. The van der Waals surface area contributed by atoms with Gasteiger partial charge in [0.15, 0.2) is 6.61 Å². The summed E-state index contributed by atoms with van der Waals surface area (Å²) >= 11 is 3.38. The van der Waals surface area contributed by atoms with E-state index in [1.807, 2.05) is 35.2 Å². The van der Waals surface area contributed by atoms with Crippen LogP contribution in [0, 0.1) is 0 Å². The van der Waals surface area contributed by atoms with Crippen molar-refractivity contribution in [3.05, 3.63) is 64.6 Å². The fourth-order valence-electron chi connectivity index (χ4n) is 2.75. The highest BCUT2D eigenvalue weighted by Gasteiger charge is 2.27. The Morgan fingerprint density at radius 1 is 1.14 bits per heavy atom. The Kier molecular flexibility index (Phi) is 4.78. The van der Waals surface area contributed by atoms with Crippen LogP contribution in [0.3, 0.4) is 0 Å². The zero-order valence-electron chi connectivity index (χ0n) is 12.2. The topological polar surface area (TPSA) is 29.5 Å². The van der Waals surface area contributed by atoms with Crippen LogP contribution in [0.2, 0.25) is 0 Å². The Morgan fingerprint density at radius 3 is 2.59 bits per heavy atom. The highest BCUT2D eigenvalue weighted by atomic mass is 79.9. The van der Waals surface area contributed by atoms with Crippen LogP contribution in [0.15, 0.2) is 59.1 Å². The van der Waals surface area contributed by atoms with Gasteiger partial charge in [0, 0.05) is 23.5 Å². The molecule has 0 saturated carbocycles. The molecule has 0 radical (unpaired) electrons. The van der Waals surface area contributed by atoms with Gasteiger partial charge in [-0.1, -0.05) is 46.3 Å². The van der Waals surface area contributed by atoms with Crippen molar-refractivity contribution in [2.24, 2.45) is 0 Å². The van der Waals surface area contributed by atoms with Gasteiger partial charge < -0.3 is 9.64 Å². The van der Waals surface area contributed by atoms with E-state index in [2.05, 4.69) is 40.2 Å². The van der Waals surface area contributed by atoms with Crippen molar-refractivity contribution in [2.45, 2.75) is 12.3 Å². The second-order valence-corrected chi connectivity index (χ2v) is 6.39.